The molecule has 3 heterocycles. The van der Waals surface area contributed by atoms with Gasteiger partial charge in [0.2, 0.25) is 15.7 Å². The van der Waals surface area contributed by atoms with Crippen LogP contribution in [-0.4, -0.2) is 38.4 Å². The molecule has 5 rings (SSSR count). The summed E-state index contributed by atoms with van der Waals surface area (Å²) < 4.78 is 49.7. The summed E-state index contributed by atoms with van der Waals surface area (Å²) in [5.74, 6) is -0.344. The second-order valence-corrected chi connectivity index (χ2v) is 11.8. The molecule has 0 bridgehead atoms. The molecule has 0 unspecified atom stereocenters. The molecule has 0 radical (unpaired) electrons. The number of imidazole rings is 1. The van der Waals surface area contributed by atoms with Crippen molar-refractivity contribution in [1.29, 1.82) is 0 Å². The Hall–Kier alpha value is -3.76. The standard InChI is InChI=1S/C24H19N3O5S2/c1-33(29,30)19-9-6-17(7-10-19)24-20(27-12-3-2-4-22(27)26-24)15-23(28)25-18-8-5-16-11-13-34(31,32)21(16)14-18/h2-14H,15H2,1H3,(H,25,28). The summed E-state index contributed by atoms with van der Waals surface area (Å²) >= 11 is 0. The van der Waals surface area contributed by atoms with Gasteiger partial charge in [-0.05, 0) is 48.0 Å². The average Bonchev–Trinajstić information content (AvgIpc) is 3.30. The van der Waals surface area contributed by atoms with Crippen LogP contribution in [0.1, 0.15) is 11.3 Å². The van der Waals surface area contributed by atoms with Gasteiger partial charge in [0, 0.05) is 29.1 Å². The number of carbonyl (C=O) groups is 1. The number of aromatic nitrogens is 2. The molecule has 0 atom stereocenters. The molecular weight excluding hydrogens is 474 g/mol. The minimum absolute atomic E-state index is 0.0313. The number of fused-ring (bicyclic) bond motifs is 2. The van der Waals surface area contributed by atoms with Gasteiger partial charge in [0.15, 0.2) is 9.84 Å². The van der Waals surface area contributed by atoms with Crippen LogP contribution in [-0.2, 0) is 30.9 Å². The second-order valence-electron chi connectivity index (χ2n) is 7.96. The van der Waals surface area contributed by atoms with Crippen LogP contribution < -0.4 is 5.32 Å². The Labute approximate surface area is 196 Å². The topological polar surface area (TPSA) is 115 Å². The number of hydrogen-bond donors (Lipinski definition) is 1. The van der Waals surface area contributed by atoms with Crippen LogP contribution in [0, 0.1) is 0 Å². The molecule has 2 aromatic heterocycles. The van der Waals surface area contributed by atoms with E-state index in [0.29, 0.717) is 33.8 Å². The minimum Gasteiger partial charge on any atom is -0.326 e. The Bertz CT molecular complexity index is 1700. The highest BCUT2D eigenvalue weighted by molar-refractivity contribution is 7.94. The van der Waals surface area contributed by atoms with Crippen LogP contribution in [0.3, 0.4) is 0 Å². The van der Waals surface area contributed by atoms with E-state index >= 15 is 0 Å². The Morgan fingerprint density at radius 3 is 2.56 bits per heavy atom. The molecular formula is C24H19N3O5S2. The van der Waals surface area contributed by atoms with E-state index in [9.17, 15) is 21.6 Å². The lowest BCUT2D eigenvalue weighted by atomic mass is 10.1. The maximum absolute atomic E-state index is 13.0. The molecule has 4 aromatic rings. The maximum atomic E-state index is 13.0. The van der Waals surface area contributed by atoms with Crippen molar-refractivity contribution in [3.05, 3.63) is 83.5 Å². The quantitative estimate of drug-likeness (QED) is 0.456. The van der Waals surface area contributed by atoms with Crippen LogP contribution >= 0.6 is 0 Å². The second kappa shape index (κ2) is 7.93. The molecule has 34 heavy (non-hydrogen) atoms. The average molecular weight is 494 g/mol. The number of amides is 1. The van der Waals surface area contributed by atoms with Gasteiger partial charge in [0.05, 0.1) is 27.6 Å². The molecule has 0 fully saturated rings. The first kappa shape index (κ1) is 22.1. The van der Waals surface area contributed by atoms with E-state index in [0.717, 1.165) is 11.7 Å². The van der Waals surface area contributed by atoms with E-state index in [2.05, 4.69) is 10.3 Å². The number of pyridine rings is 1. The molecule has 172 valence electrons. The van der Waals surface area contributed by atoms with Gasteiger partial charge in [-0.2, -0.15) is 0 Å². The van der Waals surface area contributed by atoms with Crippen LogP contribution in [0.15, 0.2) is 82.1 Å². The molecule has 1 aliphatic heterocycles. The summed E-state index contributed by atoms with van der Waals surface area (Å²) in [6.45, 7) is 0. The molecule has 10 heteroatoms. The number of benzene rings is 2. The fourth-order valence-corrected chi connectivity index (χ4v) is 5.76. The van der Waals surface area contributed by atoms with Crippen molar-refractivity contribution in [3.63, 3.8) is 0 Å². The number of hydrogen-bond acceptors (Lipinski definition) is 6. The summed E-state index contributed by atoms with van der Waals surface area (Å²) in [6, 6.07) is 16.6. The fourth-order valence-electron chi connectivity index (χ4n) is 3.90. The van der Waals surface area contributed by atoms with Crippen LogP contribution in [0.2, 0.25) is 0 Å². The molecule has 2 aromatic carbocycles. The lowest BCUT2D eigenvalue weighted by Crippen LogP contribution is -2.16. The SMILES string of the molecule is CS(=O)(=O)c1ccc(-c2nc3ccccn3c2CC(=O)Nc2ccc3c(c2)S(=O)(=O)C=C3)cc1. The zero-order valence-electron chi connectivity index (χ0n) is 18.0. The molecule has 1 amide bonds. The number of nitrogens with one attached hydrogen (secondary N) is 1. The van der Waals surface area contributed by atoms with Gasteiger partial charge in [0.25, 0.3) is 0 Å². The van der Waals surface area contributed by atoms with Crippen molar-refractivity contribution in [2.75, 3.05) is 11.6 Å². The highest BCUT2D eigenvalue weighted by atomic mass is 32.2. The third kappa shape index (κ3) is 4.02. The molecule has 0 aliphatic carbocycles. The number of nitrogens with zero attached hydrogens (tertiary/aromatic N) is 2. The smallest absolute Gasteiger partial charge is 0.230 e. The highest BCUT2D eigenvalue weighted by Gasteiger charge is 2.22. The van der Waals surface area contributed by atoms with E-state index in [-0.39, 0.29) is 22.1 Å². The third-order valence-electron chi connectivity index (χ3n) is 5.54. The number of anilines is 1. The summed E-state index contributed by atoms with van der Waals surface area (Å²) in [5, 5.41) is 3.91. The van der Waals surface area contributed by atoms with Crippen LogP contribution in [0.5, 0.6) is 0 Å². The molecule has 1 N–H and O–H groups in total. The summed E-state index contributed by atoms with van der Waals surface area (Å²) in [4.78, 5) is 18.0. The highest BCUT2D eigenvalue weighted by Crippen LogP contribution is 2.30. The first-order valence-electron chi connectivity index (χ1n) is 10.3. The Kier molecular flexibility index (Phi) is 5.14. The Morgan fingerprint density at radius 2 is 1.82 bits per heavy atom. The van der Waals surface area contributed by atoms with E-state index in [1.807, 2.05) is 18.2 Å². The van der Waals surface area contributed by atoms with Gasteiger partial charge < -0.3 is 9.72 Å². The van der Waals surface area contributed by atoms with Crippen molar-refractivity contribution in [2.24, 2.45) is 0 Å². The first-order valence-corrected chi connectivity index (χ1v) is 13.7. The van der Waals surface area contributed by atoms with Crippen LogP contribution in [0.4, 0.5) is 5.69 Å². The predicted octanol–water partition coefficient (Wildman–Crippen LogP) is 3.34. The number of carbonyl (C=O) groups excluding carboxylic acids is 1. The van der Waals surface area contributed by atoms with Crippen molar-refractivity contribution >= 4 is 43.0 Å². The molecule has 8 nitrogen and oxygen atoms in total. The van der Waals surface area contributed by atoms with Gasteiger partial charge in [0.1, 0.15) is 5.65 Å². The Balaban J connectivity index is 1.48. The van der Waals surface area contributed by atoms with Crippen molar-refractivity contribution in [1.82, 2.24) is 9.38 Å². The molecule has 0 saturated carbocycles. The van der Waals surface area contributed by atoms with Gasteiger partial charge in [-0.3, -0.25) is 4.79 Å². The predicted molar refractivity (Wildman–Crippen MR) is 129 cm³/mol. The van der Waals surface area contributed by atoms with Crippen molar-refractivity contribution < 1.29 is 21.6 Å². The lowest BCUT2D eigenvalue weighted by molar-refractivity contribution is -0.115. The van der Waals surface area contributed by atoms with Gasteiger partial charge in [-0.15, -0.1) is 0 Å². The van der Waals surface area contributed by atoms with Crippen LogP contribution in [0.25, 0.3) is 23.0 Å². The maximum Gasteiger partial charge on any atom is 0.230 e. The van der Waals surface area contributed by atoms with Crippen molar-refractivity contribution in [3.8, 4) is 11.3 Å². The lowest BCUT2D eigenvalue weighted by Gasteiger charge is -2.09. The first-order chi connectivity index (χ1) is 16.1. The monoisotopic (exact) mass is 493 g/mol. The van der Waals surface area contributed by atoms with Gasteiger partial charge >= 0.3 is 0 Å². The largest absolute Gasteiger partial charge is 0.326 e. The van der Waals surface area contributed by atoms with Gasteiger partial charge in [-0.1, -0.05) is 24.3 Å². The molecule has 0 saturated heterocycles. The molecule has 0 spiro atoms. The van der Waals surface area contributed by atoms with Gasteiger partial charge in [-0.25, -0.2) is 21.8 Å². The van der Waals surface area contributed by atoms with E-state index < -0.39 is 19.7 Å². The van der Waals surface area contributed by atoms with E-state index in [1.54, 1.807) is 34.9 Å². The number of rotatable bonds is 5. The Morgan fingerprint density at radius 1 is 1.06 bits per heavy atom. The summed E-state index contributed by atoms with van der Waals surface area (Å²) in [7, 11) is -6.83. The number of sulfone groups is 2. The third-order valence-corrected chi connectivity index (χ3v) is 8.13. The minimum atomic E-state index is -3.49. The summed E-state index contributed by atoms with van der Waals surface area (Å²) in [5.41, 5.74) is 3.46. The van der Waals surface area contributed by atoms with E-state index in [4.69, 9.17) is 0 Å². The normalized spacial score (nSPS) is 14.3. The zero-order chi connectivity index (χ0) is 24.1. The van der Waals surface area contributed by atoms with E-state index in [1.165, 1.54) is 24.3 Å². The molecule has 1 aliphatic rings. The van der Waals surface area contributed by atoms with Crippen molar-refractivity contribution in [2.45, 2.75) is 16.2 Å². The fraction of sp³-hybridized carbons (Fsp3) is 0.0833. The zero-order valence-corrected chi connectivity index (χ0v) is 19.6. The summed E-state index contributed by atoms with van der Waals surface area (Å²) in [6.07, 6.45) is 4.43.